The molecule has 1 amide bonds. The van der Waals surface area contributed by atoms with Gasteiger partial charge in [-0.15, -0.1) is 0 Å². The molecule has 1 aliphatic heterocycles. The van der Waals surface area contributed by atoms with Crippen LogP contribution in [-0.4, -0.2) is 51.2 Å². The van der Waals surface area contributed by atoms with Crippen LogP contribution < -0.4 is 10.6 Å². The number of amides is 1. The van der Waals surface area contributed by atoms with Gasteiger partial charge in [0.05, 0.1) is 17.5 Å². The third-order valence-corrected chi connectivity index (χ3v) is 3.60. The molecule has 0 radical (unpaired) electrons. The summed E-state index contributed by atoms with van der Waals surface area (Å²) in [5, 5.41) is 0. The molecule has 110 valence electrons. The predicted molar refractivity (Wildman–Crippen MR) is 81.1 cm³/mol. The number of hydrogen-bond acceptors (Lipinski definition) is 4. The topological polar surface area (TPSA) is 58.8 Å². The molecule has 1 unspecified atom stereocenters. The third-order valence-electron chi connectivity index (χ3n) is 3.60. The van der Waals surface area contributed by atoms with Crippen LogP contribution in [0.25, 0.3) is 0 Å². The van der Waals surface area contributed by atoms with Crippen LogP contribution in [0, 0.1) is 0 Å². The lowest BCUT2D eigenvalue weighted by Crippen LogP contribution is -2.29. The maximum Gasteiger partial charge on any atom is 0.253 e. The Morgan fingerprint density at radius 1 is 1.40 bits per heavy atom. The predicted octanol–water partition coefficient (Wildman–Crippen LogP) is 1.59. The van der Waals surface area contributed by atoms with E-state index in [-0.39, 0.29) is 12.0 Å². The summed E-state index contributed by atoms with van der Waals surface area (Å²) in [6.45, 7) is 1.64. The zero-order valence-corrected chi connectivity index (χ0v) is 12.4. The maximum atomic E-state index is 12.0. The van der Waals surface area contributed by atoms with Crippen molar-refractivity contribution in [3.05, 3.63) is 23.8 Å². The Kier molecular flexibility index (Phi) is 4.49. The fourth-order valence-electron chi connectivity index (χ4n) is 2.46. The first-order valence-corrected chi connectivity index (χ1v) is 6.93. The smallest absolute Gasteiger partial charge is 0.253 e. The van der Waals surface area contributed by atoms with Crippen molar-refractivity contribution < 1.29 is 9.53 Å². The number of hydrogen-bond donors (Lipinski definition) is 1. The lowest BCUT2D eigenvalue weighted by atomic mass is 10.1. The van der Waals surface area contributed by atoms with Gasteiger partial charge in [-0.1, -0.05) is 0 Å². The minimum absolute atomic E-state index is 0.0169. The van der Waals surface area contributed by atoms with E-state index < -0.39 is 0 Å². The molecule has 0 spiro atoms. The summed E-state index contributed by atoms with van der Waals surface area (Å²) < 4.78 is 5.64. The van der Waals surface area contributed by atoms with E-state index in [1.807, 2.05) is 13.1 Å². The molecule has 0 aromatic heterocycles. The quantitative estimate of drug-likeness (QED) is 0.849. The first-order chi connectivity index (χ1) is 9.49. The number of rotatable bonds is 4. The summed E-state index contributed by atoms with van der Waals surface area (Å²) in [5.41, 5.74) is 8.25. The molecule has 1 fully saturated rings. The van der Waals surface area contributed by atoms with Crippen LogP contribution in [0.5, 0.6) is 0 Å². The van der Waals surface area contributed by atoms with Gasteiger partial charge in [-0.25, -0.2) is 0 Å². The normalized spacial score (nSPS) is 18.1. The van der Waals surface area contributed by atoms with E-state index in [4.69, 9.17) is 10.5 Å². The summed E-state index contributed by atoms with van der Waals surface area (Å²) in [7, 11) is 5.47. The van der Waals surface area contributed by atoms with Crippen LogP contribution in [0.4, 0.5) is 11.4 Å². The second kappa shape index (κ2) is 6.13. The van der Waals surface area contributed by atoms with Gasteiger partial charge < -0.3 is 20.3 Å². The van der Waals surface area contributed by atoms with Gasteiger partial charge in [0.2, 0.25) is 0 Å². The van der Waals surface area contributed by atoms with Crippen molar-refractivity contribution in [1.29, 1.82) is 0 Å². The van der Waals surface area contributed by atoms with E-state index in [2.05, 4.69) is 4.90 Å². The summed E-state index contributed by atoms with van der Waals surface area (Å²) in [6, 6.07) is 5.41. The number of nitrogen functional groups attached to an aromatic ring is 1. The molecule has 1 saturated heterocycles. The largest absolute Gasteiger partial charge is 0.397 e. The third kappa shape index (κ3) is 3.22. The lowest BCUT2D eigenvalue weighted by Gasteiger charge is -2.25. The van der Waals surface area contributed by atoms with Crippen molar-refractivity contribution in [1.82, 2.24) is 4.90 Å². The average molecular weight is 277 g/mol. The zero-order valence-electron chi connectivity index (χ0n) is 12.4. The number of anilines is 2. The van der Waals surface area contributed by atoms with Gasteiger partial charge in [0.25, 0.3) is 5.91 Å². The van der Waals surface area contributed by atoms with Crippen molar-refractivity contribution in [3.63, 3.8) is 0 Å². The molecule has 5 nitrogen and oxygen atoms in total. The minimum atomic E-state index is -0.0169. The second-order valence-electron chi connectivity index (χ2n) is 5.49. The highest BCUT2D eigenvalue weighted by molar-refractivity contribution is 5.96. The molecular weight excluding hydrogens is 254 g/mol. The molecule has 2 rings (SSSR count). The number of nitrogens with zero attached hydrogens (tertiary/aromatic N) is 2. The highest BCUT2D eigenvalue weighted by Crippen LogP contribution is 2.25. The van der Waals surface area contributed by atoms with Crippen LogP contribution in [0.1, 0.15) is 23.2 Å². The molecule has 1 aromatic rings. The first kappa shape index (κ1) is 14.7. The van der Waals surface area contributed by atoms with Crippen molar-refractivity contribution >= 4 is 17.3 Å². The van der Waals surface area contributed by atoms with E-state index in [0.29, 0.717) is 11.3 Å². The van der Waals surface area contributed by atoms with E-state index in [0.717, 1.165) is 31.7 Å². The standard InChI is InChI=1S/C15H23N3O2/c1-17(2)15(19)11-6-7-13(16)14(9-11)18(3)10-12-5-4-8-20-12/h6-7,9,12H,4-5,8,10,16H2,1-3H3. The van der Waals surface area contributed by atoms with Crippen molar-refractivity contribution in [2.75, 3.05) is 44.9 Å². The van der Waals surface area contributed by atoms with Gasteiger partial charge in [-0.05, 0) is 31.0 Å². The van der Waals surface area contributed by atoms with Crippen LogP contribution in [-0.2, 0) is 4.74 Å². The Bertz CT molecular complexity index is 482. The van der Waals surface area contributed by atoms with Gasteiger partial charge in [-0.2, -0.15) is 0 Å². The molecule has 1 aromatic carbocycles. The molecule has 0 saturated carbocycles. The molecule has 1 aliphatic rings. The number of likely N-dealkylation sites (N-methyl/N-ethyl adjacent to an activating group) is 1. The number of benzene rings is 1. The molecule has 5 heteroatoms. The summed E-state index contributed by atoms with van der Waals surface area (Å²) in [5.74, 6) is -0.0169. The van der Waals surface area contributed by atoms with Gasteiger partial charge in [-0.3, -0.25) is 4.79 Å². The Morgan fingerprint density at radius 3 is 2.75 bits per heavy atom. The van der Waals surface area contributed by atoms with Crippen molar-refractivity contribution in [3.8, 4) is 0 Å². The Hall–Kier alpha value is -1.75. The van der Waals surface area contributed by atoms with E-state index in [1.165, 1.54) is 0 Å². The zero-order chi connectivity index (χ0) is 14.7. The maximum absolute atomic E-state index is 12.0. The molecule has 2 N–H and O–H groups in total. The number of carbonyl (C=O) groups is 1. The van der Waals surface area contributed by atoms with Crippen molar-refractivity contribution in [2.45, 2.75) is 18.9 Å². The summed E-state index contributed by atoms with van der Waals surface area (Å²) in [4.78, 5) is 15.6. The SMILES string of the molecule is CN(C)C(=O)c1ccc(N)c(N(C)CC2CCCO2)c1. The van der Waals surface area contributed by atoms with Gasteiger partial charge in [0.15, 0.2) is 0 Å². The minimum Gasteiger partial charge on any atom is -0.397 e. The average Bonchev–Trinajstić information content (AvgIpc) is 2.91. The van der Waals surface area contributed by atoms with E-state index in [1.54, 1.807) is 31.1 Å². The van der Waals surface area contributed by atoms with Gasteiger partial charge in [0.1, 0.15) is 0 Å². The first-order valence-electron chi connectivity index (χ1n) is 6.93. The summed E-state index contributed by atoms with van der Waals surface area (Å²) >= 11 is 0. The lowest BCUT2D eigenvalue weighted by molar-refractivity contribution is 0.0827. The molecule has 1 heterocycles. The van der Waals surface area contributed by atoms with Crippen LogP contribution >= 0.6 is 0 Å². The Labute approximate surface area is 120 Å². The monoisotopic (exact) mass is 277 g/mol. The van der Waals surface area contributed by atoms with Gasteiger partial charge in [0, 0.05) is 39.9 Å². The summed E-state index contributed by atoms with van der Waals surface area (Å²) in [6.07, 6.45) is 2.46. The Balaban J connectivity index is 2.16. The van der Waals surface area contributed by atoms with Crippen LogP contribution in [0.3, 0.4) is 0 Å². The molecule has 20 heavy (non-hydrogen) atoms. The molecular formula is C15H23N3O2. The van der Waals surface area contributed by atoms with E-state index >= 15 is 0 Å². The fraction of sp³-hybridized carbons (Fsp3) is 0.533. The molecule has 0 aliphatic carbocycles. The molecule has 1 atom stereocenters. The highest BCUT2D eigenvalue weighted by Gasteiger charge is 2.19. The van der Waals surface area contributed by atoms with Crippen molar-refractivity contribution in [2.24, 2.45) is 0 Å². The second-order valence-corrected chi connectivity index (χ2v) is 5.49. The fourth-order valence-corrected chi connectivity index (χ4v) is 2.46. The number of nitrogens with two attached hydrogens (primary N) is 1. The van der Waals surface area contributed by atoms with E-state index in [9.17, 15) is 4.79 Å². The number of ether oxygens (including phenoxy) is 1. The van der Waals surface area contributed by atoms with Gasteiger partial charge >= 0.3 is 0 Å². The van der Waals surface area contributed by atoms with Crippen LogP contribution in [0.2, 0.25) is 0 Å². The highest BCUT2D eigenvalue weighted by atomic mass is 16.5. The number of carbonyl (C=O) groups excluding carboxylic acids is 1. The Morgan fingerprint density at radius 2 is 2.15 bits per heavy atom. The van der Waals surface area contributed by atoms with Crippen LogP contribution in [0.15, 0.2) is 18.2 Å². The molecule has 0 bridgehead atoms.